The molecule has 2 aliphatic rings. The van der Waals surface area contributed by atoms with E-state index in [1.807, 2.05) is 32.9 Å². The van der Waals surface area contributed by atoms with Crippen molar-refractivity contribution in [2.24, 2.45) is 0 Å². The van der Waals surface area contributed by atoms with Crippen molar-refractivity contribution in [3.8, 4) is 0 Å². The van der Waals surface area contributed by atoms with Gasteiger partial charge in [0, 0.05) is 6.66 Å². The Balaban J connectivity index is 2.12. The summed E-state index contributed by atoms with van der Waals surface area (Å²) in [5.41, 5.74) is 2.34. The molecule has 2 aliphatic heterocycles. The van der Waals surface area contributed by atoms with E-state index in [1.54, 1.807) is 0 Å². The summed E-state index contributed by atoms with van der Waals surface area (Å²) in [6.45, 7) is 2.12. The molecular formula is C19H23F3NO5PS. The summed E-state index contributed by atoms with van der Waals surface area (Å²) in [7, 11) is 0. The first-order valence-corrected chi connectivity index (χ1v) is 12.2. The van der Waals surface area contributed by atoms with E-state index in [0.717, 1.165) is 16.7 Å². The maximum Gasteiger partial charge on any atom is 0.412 e. The van der Waals surface area contributed by atoms with Crippen LogP contribution in [0.25, 0.3) is 5.57 Å². The van der Waals surface area contributed by atoms with Crippen LogP contribution in [0.5, 0.6) is 0 Å². The van der Waals surface area contributed by atoms with E-state index in [1.165, 1.54) is 6.66 Å². The fourth-order valence-electron chi connectivity index (χ4n) is 3.73. The number of benzene rings is 1. The molecular weight excluding hydrogens is 442 g/mol. The first-order valence-electron chi connectivity index (χ1n) is 9.13. The monoisotopic (exact) mass is 465 g/mol. The van der Waals surface area contributed by atoms with Crippen LogP contribution in [0.4, 0.5) is 13.2 Å². The first kappa shape index (κ1) is 23.2. The normalized spacial score (nSPS) is 21.0. The van der Waals surface area contributed by atoms with Gasteiger partial charge in [-0.25, -0.2) is 0 Å². The Kier molecular flexibility index (Phi) is 6.38. The molecule has 2 heterocycles. The summed E-state index contributed by atoms with van der Waals surface area (Å²) in [5, 5.41) is 2.84. The second kappa shape index (κ2) is 8.24. The lowest BCUT2D eigenvalue weighted by molar-refractivity contribution is -0.154. The molecule has 1 atom stereocenters. The number of alkyl halides is 3. The molecule has 1 saturated heterocycles. The summed E-state index contributed by atoms with van der Waals surface area (Å²) < 4.78 is 59.6. The van der Waals surface area contributed by atoms with E-state index in [2.05, 4.69) is 5.32 Å². The molecule has 1 aromatic rings. The molecule has 1 spiro atoms. The largest absolute Gasteiger partial charge is 0.444 e. The molecule has 30 heavy (non-hydrogen) atoms. The van der Waals surface area contributed by atoms with Crippen molar-refractivity contribution in [2.45, 2.75) is 32.5 Å². The molecule has 0 aliphatic carbocycles. The van der Waals surface area contributed by atoms with Crippen LogP contribution in [-0.2, 0) is 35.1 Å². The summed E-state index contributed by atoms with van der Waals surface area (Å²) in [6.07, 6.45) is -4.55. The quantitative estimate of drug-likeness (QED) is 0.669. The van der Waals surface area contributed by atoms with E-state index in [4.69, 9.17) is 30.3 Å². The fourth-order valence-corrected chi connectivity index (χ4v) is 5.14. The lowest BCUT2D eigenvalue weighted by Crippen LogP contribution is -2.55. The average molecular weight is 465 g/mol. The molecule has 3 rings (SSSR count). The zero-order valence-corrected chi connectivity index (χ0v) is 18.7. The van der Waals surface area contributed by atoms with Crippen molar-refractivity contribution >= 4 is 29.8 Å². The van der Waals surface area contributed by atoms with Crippen LogP contribution in [0.3, 0.4) is 0 Å². The Morgan fingerprint density at radius 2 is 1.77 bits per heavy atom. The third-order valence-corrected chi connectivity index (χ3v) is 6.40. The van der Waals surface area contributed by atoms with Crippen LogP contribution in [-0.4, -0.2) is 50.9 Å². The molecule has 1 unspecified atom stereocenters. The number of nitrogens with one attached hydrogen (secondary N) is 1. The minimum Gasteiger partial charge on any atom is -0.444 e. The van der Waals surface area contributed by atoms with Gasteiger partial charge in [-0.15, -0.1) is 0 Å². The molecule has 11 heteroatoms. The van der Waals surface area contributed by atoms with Crippen molar-refractivity contribution in [1.29, 1.82) is 0 Å². The Morgan fingerprint density at radius 1 is 1.20 bits per heavy atom. The Bertz CT molecular complexity index is 918. The van der Waals surface area contributed by atoms with Crippen molar-refractivity contribution in [3.63, 3.8) is 0 Å². The van der Waals surface area contributed by atoms with Crippen molar-refractivity contribution < 1.29 is 36.5 Å². The van der Waals surface area contributed by atoms with E-state index >= 15 is 0 Å². The number of hydrogen-bond donors (Lipinski definition) is 1. The van der Waals surface area contributed by atoms with E-state index in [-0.39, 0.29) is 31.3 Å². The first-order chi connectivity index (χ1) is 13.8. The van der Waals surface area contributed by atoms with Crippen LogP contribution < -0.4 is 5.32 Å². The highest BCUT2D eigenvalue weighted by Gasteiger charge is 2.51. The molecule has 1 N–H and O–H groups in total. The number of amides is 1. The highest BCUT2D eigenvalue weighted by atomic mass is 32.5. The van der Waals surface area contributed by atoms with Gasteiger partial charge in [0.05, 0.1) is 18.8 Å². The molecule has 0 saturated carbocycles. The Morgan fingerprint density at radius 3 is 2.30 bits per heavy atom. The predicted octanol–water partition coefficient (Wildman–Crippen LogP) is 3.73. The number of carbonyl (C=O) groups is 1. The standard InChI is InChI=1S/C19H23F3NO5PS/c1-11-5-12(2)14(13(3)6-11)15-16(28-29(4,30)27-9-19(20,21)22)18(23-17(15)24)7-25-10-26-8-18/h5-6H,7-10H2,1-4H3,(H,23,24). The summed E-state index contributed by atoms with van der Waals surface area (Å²) in [6, 6.07) is 3.84. The Hall–Kier alpha value is -1.45. The lowest BCUT2D eigenvalue weighted by Gasteiger charge is -2.36. The molecule has 1 aromatic carbocycles. The zero-order chi connectivity index (χ0) is 22.3. The average Bonchev–Trinajstić information content (AvgIpc) is 2.84. The molecule has 0 aromatic heterocycles. The molecule has 6 nitrogen and oxygen atoms in total. The SMILES string of the molecule is Cc1cc(C)c(C2=C(OP(C)(=S)OCC(F)(F)F)C3(COCOC3)NC2=O)c(C)c1. The molecule has 166 valence electrons. The number of rotatable bonds is 5. The van der Waals surface area contributed by atoms with Gasteiger partial charge in [-0.05, 0) is 49.3 Å². The minimum absolute atomic E-state index is 0.0354. The highest BCUT2D eigenvalue weighted by molar-refractivity contribution is 8.09. The summed E-state index contributed by atoms with van der Waals surface area (Å²) >= 11 is 5.24. The van der Waals surface area contributed by atoms with Crippen LogP contribution in [0.1, 0.15) is 22.3 Å². The van der Waals surface area contributed by atoms with Crippen molar-refractivity contribution in [1.82, 2.24) is 5.32 Å². The number of carbonyl (C=O) groups excluding carboxylic acids is 1. The number of hydrogen-bond acceptors (Lipinski definition) is 6. The summed E-state index contributed by atoms with van der Waals surface area (Å²) in [4.78, 5) is 13.0. The van der Waals surface area contributed by atoms with Crippen LogP contribution in [0.15, 0.2) is 17.9 Å². The van der Waals surface area contributed by atoms with Gasteiger partial charge in [-0.2, -0.15) is 13.2 Å². The molecule has 0 radical (unpaired) electrons. The van der Waals surface area contributed by atoms with Gasteiger partial charge < -0.3 is 23.8 Å². The smallest absolute Gasteiger partial charge is 0.412 e. The summed E-state index contributed by atoms with van der Waals surface area (Å²) in [5.74, 6) is -0.324. The molecule has 1 amide bonds. The maximum absolute atomic E-state index is 13.0. The van der Waals surface area contributed by atoms with Gasteiger partial charge in [-0.1, -0.05) is 17.7 Å². The van der Waals surface area contributed by atoms with Crippen molar-refractivity contribution in [2.75, 3.05) is 33.3 Å². The van der Waals surface area contributed by atoms with Crippen LogP contribution >= 0.6 is 6.49 Å². The van der Waals surface area contributed by atoms with Gasteiger partial charge >= 0.3 is 6.18 Å². The number of halogens is 3. The fraction of sp³-hybridized carbons (Fsp3) is 0.526. The Labute approximate surface area is 177 Å². The van der Waals surface area contributed by atoms with E-state index in [9.17, 15) is 18.0 Å². The molecule has 0 bridgehead atoms. The number of aryl methyl sites for hydroxylation is 3. The van der Waals surface area contributed by atoms with Crippen LogP contribution in [0, 0.1) is 20.8 Å². The second-order valence-electron chi connectivity index (χ2n) is 7.58. The minimum atomic E-state index is -4.55. The van der Waals surface area contributed by atoms with Gasteiger partial charge in [0.2, 0.25) is 6.49 Å². The predicted molar refractivity (Wildman–Crippen MR) is 109 cm³/mol. The maximum atomic E-state index is 13.0. The zero-order valence-electron chi connectivity index (χ0n) is 17.0. The van der Waals surface area contributed by atoms with Gasteiger partial charge in [0.25, 0.3) is 5.91 Å². The third-order valence-electron chi connectivity index (χ3n) is 4.75. The third kappa shape index (κ3) is 4.89. The van der Waals surface area contributed by atoms with Crippen LogP contribution in [0.2, 0.25) is 0 Å². The van der Waals surface area contributed by atoms with Gasteiger partial charge in [-0.3, -0.25) is 4.79 Å². The number of ether oxygens (including phenoxy) is 2. The van der Waals surface area contributed by atoms with Gasteiger partial charge in [0.1, 0.15) is 18.1 Å². The van der Waals surface area contributed by atoms with E-state index < -0.39 is 30.7 Å². The second-order valence-corrected chi connectivity index (χ2v) is 11.6. The molecule has 1 fully saturated rings. The van der Waals surface area contributed by atoms with Gasteiger partial charge in [0.15, 0.2) is 6.61 Å². The van der Waals surface area contributed by atoms with E-state index in [0.29, 0.717) is 5.56 Å². The highest BCUT2D eigenvalue weighted by Crippen LogP contribution is 2.52. The topological polar surface area (TPSA) is 66.0 Å². The lowest BCUT2D eigenvalue weighted by atomic mass is 9.91. The van der Waals surface area contributed by atoms with Crippen molar-refractivity contribution in [3.05, 3.63) is 40.1 Å².